The van der Waals surface area contributed by atoms with E-state index in [4.69, 9.17) is 4.74 Å². The zero-order valence-electron chi connectivity index (χ0n) is 18.9. The Morgan fingerprint density at radius 3 is 2.72 bits per heavy atom. The summed E-state index contributed by atoms with van der Waals surface area (Å²) < 4.78 is 55.8. The highest BCUT2D eigenvalue weighted by Gasteiger charge is 2.43. The Morgan fingerprint density at radius 1 is 1.19 bits per heavy atom. The molecule has 0 saturated heterocycles. The van der Waals surface area contributed by atoms with Crippen LogP contribution < -0.4 is 24.7 Å². The molecule has 2 aromatic carbocycles. The minimum Gasteiger partial charge on any atom is -0.497 e. The highest BCUT2D eigenvalue weighted by atomic mass is 19.3. The molecule has 1 amide bonds. The summed E-state index contributed by atoms with van der Waals surface area (Å²) in [4.78, 5) is 34.3. The number of carbonyl (C=O) groups is 1. The van der Waals surface area contributed by atoms with Crippen LogP contribution in [0.5, 0.6) is 17.2 Å². The molecule has 1 N–H and O–H groups in total. The van der Waals surface area contributed by atoms with Gasteiger partial charge in [-0.15, -0.1) is 8.78 Å². The number of hydrogen-bond acceptors (Lipinski definition) is 7. The normalized spacial score (nSPS) is 13.7. The Morgan fingerprint density at radius 2 is 1.97 bits per heavy atom. The molecule has 5 rings (SSSR count). The molecule has 36 heavy (non-hydrogen) atoms. The first-order valence-corrected chi connectivity index (χ1v) is 10.7. The number of hydrogen-bond donors (Lipinski definition) is 1. The molecule has 3 heterocycles. The van der Waals surface area contributed by atoms with Gasteiger partial charge < -0.3 is 24.1 Å². The van der Waals surface area contributed by atoms with Crippen LogP contribution in [0.15, 0.2) is 47.5 Å². The van der Waals surface area contributed by atoms with Crippen molar-refractivity contribution in [3.8, 4) is 28.5 Å². The Labute approximate surface area is 200 Å². The predicted octanol–water partition coefficient (Wildman–Crippen LogP) is 3.31. The van der Waals surface area contributed by atoms with Crippen LogP contribution in [0.3, 0.4) is 0 Å². The molecule has 0 saturated carbocycles. The first kappa shape index (κ1) is 23.2. The third-order valence-electron chi connectivity index (χ3n) is 5.51. The monoisotopic (exact) mass is 501 g/mol. The van der Waals surface area contributed by atoms with Gasteiger partial charge in [-0.2, -0.15) is 5.10 Å². The highest BCUT2D eigenvalue weighted by Crippen LogP contribution is 2.42. The molecule has 0 bridgehead atoms. The van der Waals surface area contributed by atoms with Crippen molar-refractivity contribution < 1.29 is 32.2 Å². The van der Waals surface area contributed by atoms with Crippen LogP contribution in [0.1, 0.15) is 6.92 Å². The SMILES string of the molecule is CCN(C(=O)Cn1nc(-c2cc(F)cc(OC)c2)c2[nH]cnc2c1=O)c1ccc2c(c1)OC(F)(F)O2. The number of benzene rings is 2. The molecule has 2 aromatic heterocycles. The average Bonchev–Trinajstić information content (AvgIpc) is 3.44. The van der Waals surface area contributed by atoms with Gasteiger partial charge >= 0.3 is 6.29 Å². The molecular weight excluding hydrogens is 483 g/mol. The fourth-order valence-electron chi connectivity index (χ4n) is 3.92. The summed E-state index contributed by atoms with van der Waals surface area (Å²) in [6, 6.07) is 7.86. The smallest absolute Gasteiger partial charge is 0.497 e. The van der Waals surface area contributed by atoms with E-state index in [2.05, 4.69) is 24.5 Å². The number of nitrogens with one attached hydrogen (secondary N) is 1. The summed E-state index contributed by atoms with van der Waals surface area (Å²) in [7, 11) is 1.38. The third-order valence-corrected chi connectivity index (χ3v) is 5.51. The van der Waals surface area contributed by atoms with Crippen LogP contribution in [0, 0.1) is 5.82 Å². The molecular formula is C23H18F3N5O5. The maximum absolute atomic E-state index is 14.2. The quantitative estimate of drug-likeness (QED) is 0.432. The number of aromatic nitrogens is 4. The zero-order valence-corrected chi connectivity index (χ0v) is 18.9. The summed E-state index contributed by atoms with van der Waals surface area (Å²) in [5, 5.41) is 4.31. The van der Waals surface area contributed by atoms with Crippen molar-refractivity contribution in [1.29, 1.82) is 0 Å². The van der Waals surface area contributed by atoms with Crippen molar-refractivity contribution in [2.45, 2.75) is 19.8 Å². The van der Waals surface area contributed by atoms with E-state index in [9.17, 15) is 22.8 Å². The fourth-order valence-corrected chi connectivity index (χ4v) is 3.92. The van der Waals surface area contributed by atoms with Crippen LogP contribution in [0.4, 0.5) is 18.9 Å². The van der Waals surface area contributed by atoms with E-state index in [-0.39, 0.29) is 46.2 Å². The van der Waals surface area contributed by atoms with Gasteiger partial charge in [0.15, 0.2) is 17.0 Å². The standard InChI is InChI=1S/C23H18F3N5O5/c1-3-30(14-4-5-16-17(9-14)36-23(25,26)35-16)18(32)10-31-22(33)21-20(27-11-28-21)19(29-31)12-6-13(24)8-15(7-12)34-2/h4-9,11H,3,10H2,1-2H3,(H,27,28). The minimum absolute atomic E-state index is 0.00406. The van der Waals surface area contributed by atoms with E-state index in [1.165, 1.54) is 54.7 Å². The van der Waals surface area contributed by atoms with E-state index in [1.54, 1.807) is 6.92 Å². The number of ether oxygens (including phenoxy) is 3. The maximum Gasteiger partial charge on any atom is 0.586 e. The highest BCUT2D eigenvalue weighted by molar-refractivity contribution is 5.94. The van der Waals surface area contributed by atoms with Crippen molar-refractivity contribution in [2.75, 3.05) is 18.6 Å². The van der Waals surface area contributed by atoms with E-state index < -0.39 is 30.1 Å². The second-order valence-corrected chi connectivity index (χ2v) is 7.75. The van der Waals surface area contributed by atoms with E-state index in [1.807, 2.05) is 0 Å². The Bertz CT molecular complexity index is 1550. The van der Waals surface area contributed by atoms with E-state index in [0.29, 0.717) is 5.56 Å². The Hall–Kier alpha value is -4.55. The summed E-state index contributed by atoms with van der Waals surface area (Å²) in [6.07, 6.45) is -2.51. The number of halogens is 3. The van der Waals surface area contributed by atoms with Crippen LogP contribution in [0.25, 0.3) is 22.3 Å². The number of fused-ring (bicyclic) bond motifs is 2. The largest absolute Gasteiger partial charge is 0.586 e. The zero-order chi connectivity index (χ0) is 25.6. The molecule has 186 valence electrons. The van der Waals surface area contributed by atoms with Gasteiger partial charge in [-0.1, -0.05) is 0 Å². The number of aromatic amines is 1. The first-order valence-electron chi connectivity index (χ1n) is 10.7. The lowest BCUT2D eigenvalue weighted by Crippen LogP contribution is -2.37. The van der Waals surface area contributed by atoms with Gasteiger partial charge in [0, 0.05) is 29.9 Å². The number of carbonyl (C=O) groups excluding carboxylic acids is 1. The summed E-state index contributed by atoms with van der Waals surface area (Å²) in [5.74, 6) is -1.30. The number of methoxy groups -OCH3 is 1. The van der Waals surface area contributed by atoms with Gasteiger partial charge in [0.2, 0.25) is 5.91 Å². The van der Waals surface area contributed by atoms with Gasteiger partial charge in [0.25, 0.3) is 5.56 Å². The van der Waals surface area contributed by atoms with E-state index >= 15 is 0 Å². The number of amides is 1. The predicted molar refractivity (Wildman–Crippen MR) is 121 cm³/mol. The third kappa shape index (κ3) is 4.08. The van der Waals surface area contributed by atoms with Gasteiger partial charge in [-0.3, -0.25) is 9.59 Å². The molecule has 13 heteroatoms. The van der Waals surface area contributed by atoms with E-state index in [0.717, 1.165) is 4.68 Å². The molecule has 0 radical (unpaired) electrons. The van der Waals surface area contributed by atoms with Gasteiger partial charge in [0.1, 0.15) is 23.8 Å². The molecule has 4 aromatic rings. The van der Waals surface area contributed by atoms with Gasteiger partial charge in [-0.05, 0) is 31.2 Å². The Balaban J connectivity index is 1.51. The first-order chi connectivity index (χ1) is 17.2. The van der Waals surface area contributed by atoms with Crippen LogP contribution in [-0.2, 0) is 11.3 Å². The molecule has 1 aliphatic heterocycles. The number of alkyl halides is 2. The summed E-state index contributed by atoms with van der Waals surface area (Å²) >= 11 is 0. The molecule has 0 fully saturated rings. The Kier molecular flexibility index (Phi) is 5.54. The number of H-pyrrole nitrogens is 1. The van der Waals surface area contributed by atoms with Crippen LogP contribution >= 0.6 is 0 Å². The second-order valence-electron chi connectivity index (χ2n) is 7.75. The molecule has 0 unspecified atom stereocenters. The lowest BCUT2D eigenvalue weighted by molar-refractivity contribution is -0.286. The molecule has 10 nitrogen and oxygen atoms in total. The summed E-state index contributed by atoms with van der Waals surface area (Å²) in [5.41, 5.74) is 0.358. The van der Waals surface area contributed by atoms with Gasteiger partial charge in [0.05, 0.1) is 19.0 Å². The second kappa shape index (κ2) is 8.59. The number of anilines is 1. The summed E-state index contributed by atoms with van der Waals surface area (Å²) in [6.45, 7) is 1.33. The fraction of sp³-hybridized carbons (Fsp3) is 0.217. The van der Waals surface area contributed by atoms with Crippen molar-refractivity contribution in [2.24, 2.45) is 0 Å². The molecule has 0 spiro atoms. The van der Waals surface area contributed by atoms with Crippen molar-refractivity contribution >= 4 is 22.6 Å². The minimum atomic E-state index is -3.80. The van der Waals surface area contributed by atoms with Crippen LogP contribution in [-0.4, -0.2) is 45.6 Å². The van der Waals surface area contributed by atoms with Crippen molar-refractivity contribution in [3.05, 3.63) is 58.9 Å². The number of likely N-dealkylation sites (N-methyl/N-ethyl adjacent to an activating group) is 1. The molecule has 0 atom stereocenters. The van der Waals surface area contributed by atoms with Gasteiger partial charge in [-0.25, -0.2) is 14.1 Å². The average molecular weight is 501 g/mol. The van der Waals surface area contributed by atoms with Crippen LogP contribution in [0.2, 0.25) is 0 Å². The van der Waals surface area contributed by atoms with Crippen molar-refractivity contribution in [3.63, 3.8) is 0 Å². The molecule has 1 aliphatic rings. The number of imidazole rings is 1. The lowest BCUT2D eigenvalue weighted by atomic mass is 10.1. The number of nitrogens with zero attached hydrogens (tertiary/aromatic N) is 4. The maximum atomic E-state index is 14.2. The lowest BCUT2D eigenvalue weighted by Gasteiger charge is -2.21. The van der Waals surface area contributed by atoms with Crippen molar-refractivity contribution in [1.82, 2.24) is 19.7 Å². The molecule has 0 aliphatic carbocycles. The topological polar surface area (TPSA) is 112 Å². The number of rotatable bonds is 6.